The highest BCUT2D eigenvalue weighted by atomic mass is 31.2. The minimum absolute atomic E-state index is 0.0186. The molecule has 594 valence electrons. The average Bonchev–Trinajstić information content (AvgIpc) is 0.966. The predicted molar refractivity (Wildman–Crippen MR) is 418 cm³/mol. The summed E-state index contributed by atoms with van der Waals surface area (Å²) in [7, 11) is -9.96. The van der Waals surface area contributed by atoms with E-state index in [1.54, 1.807) is 0 Å². The number of hydrogen-bond donors (Lipinski definition) is 3. The number of phosphoric ester groups is 2. The molecule has 0 amide bonds. The lowest BCUT2D eigenvalue weighted by Gasteiger charge is -2.21. The van der Waals surface area contributed by atoms with Crippen molar-refractivity contribution < 1.29 is 80.2 Å². The molecule has 0 spiro atoms. The van der Waals surface area contributed by atoms with Gasteiger partial charge in [-0.05, 0) is 96.3 Å². The molecular weight excluding hydrogens is 1330 g/mol. The van der Waals surface area contributed by atoms with Crippen LogP contribution in [0.4, 0.5) is 0 Å². The highest BCUT2D eigenvalue weighted by Gasteiger charge is 2.30. The van der Waals surface area contributed by atoms with Crippen molar-refractivity contribution in [2.45, 2.75) is 393 Å². The number of esters is 4. The van der Waals surface area contributed by atoms with Crippen molar-refractivity contribution in [2.24, 2.45) is 0 Å². The molecule has 5 atom stereocenters. The Kier molecular flexibility index (Phi) is 73.1. The van der Waals surface area contributed by atoms with Crippen molar-refractivity contribution >= 4 is 39.5 Å². The molecule has 102 heavy (non-hydrogen) atoms. The number of phosphoric acid groups is 2. The standard InChI is InChI=1S/C83H150O17P2/c1-5-9-13-17-21-25-29-33-36-38-41-45-49-53-57-61-65-69-82(87)99-78(73-93-80(85)67-63-59-55-51-47-43-32-28-24-20-16-12-8-4)75-97-101(89,90)95-71-77(84)72-96-102(91,92)98-76-79(74-94-81(86)68-64-60-56-52-48-44-40-35-31-27-23-19-15-11-7-3)100-83(88)70-66-62-58-54-50-46-42-39-37-34-30-26-22-18-14-10-6-2/h22-23,26-27,34-35,37,40,42,46,54,58,77-79,84H,5-21,24-25,28-33,36,38-39,41,43-45,47-53,55-57,59-76H2,1-4H3,(H,89,90)(H,91,92)/b26-22-,27-23-,37-34-,40-35-,46-42-,58-54-/t77-,78-,79-/m1/s1. The molecule has 0 saturated heterocycles. The smallest absolute Gasteiger partial charge is 0.462 e. The van der Waals surface area contributed by atoms with Gasteiger partial charge in [0.25, 0.3) is 0 Å². The van der Waals surface area contributed by atoms with Gasteiger partial charge in [-0.3, -0.25) is 37.3 Å². The second kappa shape index (κ2) is 75.7. The van der Waals surface area contributed by atoms with Gasteiger partial charge in [-0.1, -0.05) is 325 Å². The van der Waals surface area contributed by atoms with Gasteiger partial charge in [0.05, 0.1) is 26.4 Å². The van der Waals surface area contributed by atoms with E-state index in [4.69, 9.17) is 37.0 Å². The van der Waals surface area contributed by atoms with Crippen molar-refractivity contribution in [3.05, 3.63) is 72.9 Å². The number of aliphatic hydroxyl groups excluding tert-OH is 1. The minimum atomic E-state index is -4.99. The van der Waals surface area contributed by atoms with E-state index in [0.717, 1.165) is 116 Å². The maximum absolute atomic E-state index is 13.1. The van der Waals surface area contributed by atoms with Gasteiger partial charge in [0.2, 0.25) is 0 Å². The molecule has 0 radical (unpaired) electrons. The number of aliphatic hydroxyl groups is 1. The molecule has 0 aromatic heterocycles. The number of allylic oxidation sites excluding steroid dienone is 12. The minimum Gasteiger partial charge on any atom is -0.462 e. The van der Waals surface area contributed by atoms with Gasteiger partial charge in [-0.25, -0.2) is 9.13 Å². The van der Waals surface area contributed by atoms with Crippen LogP contribution in [0.3, 0.4) is 0 Å². The van der Waals surface area contributed by atoms with Crippen LogP contribution in [0.5, 0.6) is 0 Å². The quantitative estimate of drug-likeness (QED) is 0.0169. The molecule has 19 heteroatoms. The molecule has 0 aromatic carbocycles. The summed E-state index contributed by atoms with van der Waals surface area (Å²) in [5, 5.41) is 10.6. The Hall–Kier alpha value is -3.50. The second-order valence-corrected chi connectivity index (χ2v) is 30.6. The highest BCUT2D eigenvalue weighted by molar-refractivity contribution is 7.47. The molecule has 2 unspecified atom stereocenters. The van der Waals surface area contributed by atoms with Crippen molar-refractivity contribution in [3.63, 3.8) is 0 Å². The molecule has 0 fully saturated rings. The number of hydrogen-bond acceptors (Lipinski definition) is 15. The normalized spacial score (nSPS) is 14.2. The van der Waals surface area contributed by atoms with Crippen LogP contribution < -0.4 is 0 Å². The van der Waals surface area contributed by atoms with Crippen LogP contribution in [0.15, 0.2) is 72.9 Å². The van der Waals surface area contributed by atoms with E-state index in [1.807, 2.05) is 12.2 Å². The lowest BCUT2D eigenvalue weighted by atomic mass is 10.0. The Labute approximate surface area is 622 Å². The summed E-state index contributed by atoms with van der Waals surface area (Å²) in [5.41, 5.74) is 0. The number of ether oxygens (including phenoxy) is 4. The third kappa shape index (κ3) is 74.8. The molecule has 0 saturated carbocycles. The van der Waals surface area contributed by atoms with Gasteiger partial charge in [-0.2, -0.15) is 0 Å². The summed E-state index contributed by atoms with van der Waals surface area (Å²) >= 11 is 0. The SMILES string of the molecule is CCCCC/C=C\C/C=C\C/C=C\C/C=C\CCCC(=O)O[C@H](COC(=O)CCCCCCC/C=C\C/C=C\CCCCC)COP(=O)(O)OC[C@H](O)COP(=O)(O)OC[C@@H](COC(=O)CCCCCCCCCCCCCCC)OC(=O)CCCCCCCCCCCCCCCCCCC. The van der Waals surface area contributed by atoms with Crippen LogP contribution in [-0.4, -0.2) is 96.7 Å². The first kappa shape index (κ1) is 98.5. The number of rotatable bonds is 78. The Morgan fingerprint density at radius 3 is 0.794 bits per heavy atom. The third-order valence-corrected chi connectivity index (χ3v) is 19.6. The molecule has 0 aromatic rings. The molecule has 0 aliphatic carbocycles. The van der Waals surface area contributed by atoms with Crippen LogP contribution in [0.1, 0.15) is 374 Å². The van der Waals surface area contributed by atoms with Gasteiger partial charge in [0.1, 0.15) is 19.3 Å². The average molecular weight is 1480 g/mol. The van der Waals surface area contributed by atoms with E-state index in [2.05, 4.69) is 88.5 Å². The molecule has 0 aliphatic rings. The largest absolute Gasteiger partial charge is 0.472 e. The zero-order chi connectivity index (χ0) is 74.6. The fourth-order valence-corrected chi connectivity index (χ4v) is 12.9. The fraction of sp³-hybridized carbons (Fsp3) is 0.807. The van der Waals surface area contributed by atoms with Gasteiger partial charge in [0, 0.05) is 25.7 Å². The van der Waals surface area contributed by atoms with Gasteiger partial charge >= 0.3 is 39.5 Å². The summed E-state index contributed by atoms with van der Waals surface area (Å²) in [6.45, 7) is 4.82. The maximum atomic E-state index is 13.1. The Morgan fingerprint density at radius 1 is 0.275 bits per heavy atom. The molecular formula is C83H150O17P2. The fourth-order valence-electron chi connectivity index (χ4n) is 11.4. The van der Waals surface area contributed by atoms with Gasteiger partial charge in [-0.15, -0.1) is 0 Å². The monoisotopic (exact) mass is 1480 g/mol. The lowest BCUT2D eigenvalue weighted by Crippen LogP contribution is -2.30. The lowest BCUT2D eigenvalue weighted by molar-refractivity contribution is -0.161. The highest BCUT2D eigenvalue weighted by Crippen LogP contribution is 2.45. The van der Waals surface area contributed by atoms with Gasteiger partial charge in [0.15, 0.2) is 12.2 Å². The topological polar surface area (TPSA) is 237 Å². The van der Waals surface area contributed by atoms with E-state index in [9.17, 15) is 43.2 Å². The maximum Gasteiger partial charge on any atom is 0.472 e. The zero-order valence-corrected chi connectivity index (χ0v) is 66.8. The Morgan fingerprint density at radius 2 is 0.490 bits per heavy atom. The number of unbranched alkanes of at least 4 members (excludes halogenated alkanes) is 40. The van der Waals surface area contributed by atoms with Crippen molar-refractivity contribution in [1.29, 1.82) is 0 Å². The molecule has 0 rings (SSSR count). The van der Waals surface area contributed by atoms with Crippen LogP contribution in [0, 0.1) is 0 Å². The summed E-state index contributed by atoms with van der Waals surface area (Å²) < 4.78 is 68.6. The predicted octanol–water partition coefficient (Wildman–Crippen LogP) is 24.0. The second-order valence-electron chi connectivity index (χ2n) is 27.7. The number of carbonyl (C=O) groups is 4. The molecule has 17 nitrogen and oxygen atoms in total. The van der Waals surface area contributed by atoms with Crippen molar-refractivity contribution in [3.8, 4) is 0 Å². The Bertz CT molecular complexity index is 2210. The van der Waals surface area contributed by atoms with Crippen molar-refractivity contribution in [1.82, 2.24) is 0 Å². The molecule has 0 aliphatic heterocycles. The molecule has 0 bridgehead atoms. The van der Waals surface area contributed by atoms with Crippen molar-refractivity contribution in [2.75, 3.05) is 39.6 Å². The van der Waals surface area contributed by atoms with E-state index >= 15 is 0 Å². The Balaban J connectivity index is 5.38. The van der Waals surface area contributed by atoms with E-state index in [1.165, 1.54) is 173 Å². The van der Waals surface area contributed by atoms with Crippen LogP contribution >= 0.6 is 15.6 Å². The third-order valence-electron chi connectivity index (χ3n) is 17.7. The zero-order valence-electron chi connectivity index (χ0n) is 65.0. The first-order chi connectivity index (χ1) is 49.7. The first-order valence-corrected chi connectivity index (χ1v) is 44.2. The van der Waals surface area contributed by atoms with Gasteiger partial charge < -0.3 is 33.8 Å². The first-order valence-electron chi connectivity index (χ1n) is 41.2. The van der Waals surface area contributed by atoms with Crippen LogP contribution in [0.25, 0.3) is 0 Å². The summed E-state index contributed by atoms with van der Waals surface area (Å²) in [6.07, 6.45) is 77.3. The summed E-state index contributed by atoms with van der Waals surface area (Å²) in [5.74, 6) is -2.22. The summed E-state index contributed by atoms with van der Waals surface area (Å²) in [6, 6.07) is 0. The van der Waals surface area contributed by atoms with E-state index < -0.39 is 97.5 Å². The molecule has 0 heterocycles. The van der Waals surface area contributed by atoms with E-state index in [0.29, 0.717) is 32.1 Å². The van der Waals surface area contributed by atoms with E-state index in [-0.39, 0.29) is 25.7 Å². The van der Waals surface area contributed by atoms with Crippen LogP contribution in [0.2, 0.25) is 0 Å². The summed E-state index contributed by atoms with van der Waals surface area (Å²) in [4.78, 5) is 73.0. The molecule has 3 N–H and O–H groups in total. The number of carbonyl (C=O) groups excluding carboxylic acids is 4. The van der Waals surface area contributed by atoms with Crippen LogP contribution in [-0.2, 0) is 65.4 Å².